The molecule has 0 heterocycles. The summed E-state index contributed by atoms with van der Waals surface area (Å²) in [5, 5.41) is 0. The van der Waals surface area contributed by atoms with E-state index in [1.165, 1.54) is 7.11 Å². The minimum absolute atomic E-state index is 0.135. The summed E-state index contributed by atoms with van der Waals surface area (Å²) in [6.45, 7) is 1.56. The molecule has 3 heteroatoms. The normalized spacial score (nSPS) is 9.73. The highest BCUT2D eigenvalue weighted by Gasteiger charge is 2.03. The lowest BCUT2D eigenvalue weighted by Gasteiger charge is -2.01. The van der Waals surface area contributed by atoms with Gasteiger partial charge in [-0.05, 0) is 18.1 Å². The van der Waals surface area contributed by atoms with Crippen molar-refractivity contribution in [2.45, 2.75) is 19.8 Å². The number of ether oxygens (including phenoxy) is 1. The largest absolute Gasteiger partial charge is 0.469 e. The van der Waals surface area contributed by atoms with Crippen LogP contribution in [-0.2, 0) is 27.2 Å². The number of carbonyl (C=O) groups is 2. The number of carbonyl (C=O) groups excluding carboxylic acids is 2. The number of esters is 1. The van der Waals surface area contributed by atoms with E-state index in [1.807, 2.05) is 24.3 Å². The fourth-order valence-corrected chi connectivity index (χ4v) is 1.30. The molecular weight excluding hydrogens is 192 g/mol. The van der Waals surface area contributed by atoms with Gasteiger partial charge in [0.05, 0.1) is 13.5 Å². The number of Topliss-reactive ketones (excluding diaryl/α,β-unsaturated/α-hetero) is 1. The van der Waals surface area contributed by atoms with E-state index >= 15 is 0 Å². The molecule has 1 aromatic rings. The Hall–Kier alpha value is -1.64. The monoisotopic (exact) mass is 206 g/mol. The quantitative estimate of drug-likeness (QED) is 0.702. The van der Waals surface area contributed by atoms with E-state index in [-0.39, 0.29) is 18.2 Å². The van der Waals surface area contributed by atoms with Crippen molar-refractivity contribution in [3.8, 4) is 0 Å². The molecule has 80 valence electrons. The highest BCUT2D eigenvalue weighted by Crippen LogP contribution is 2.06. The Labute approximate surface area is 89.1 Å². The Morgan fingerprint density at radius 2 is 1.53 bits per heavy atom. The third kappa shape index (κ3) is 3.94. The number of hydrogen-bond donors (Lipinski definition) is 0. The minimum Gasteiger partial charge on any atom is -0.469 e. The molecule has 1 rings (SSSR count). The molecule has 0 aliphatic heterocycles. The molecule has 0 bridgehead atoms. The Bertz CT molecular complexity index is 352. The number of rotatable bonds is 4. The predicted molar refractivity (Wildman–Crippen MR) is 56.5 cm³/mol. The third-order valence-electron chi connectivity index (χ3n) is 2.05. The van der Waals surface area contributed by atoms with E-state index in [1.54, 1.807) is 6.92 Å². The van der Waals surface area contributed by atoms with Gasteiger partial charge in [0.25, 0.3) is 0 Å². The van der Waals surface area contributed by atoms with Crippen molar-refractivity contribution >= 4 is 11.8 Å². The molecule has 0 atom stereocenters. The van der Waals surface area contributed by atoms with Crippen LogP contribution in [-0.4, -0.2) is 18.9 Å². The highest BCUT2D eigenvalue weighted by atomic mass is 16.5. The van der Waals surface area contributed by atoms with Gasteiger partial charge in [0.15, 0.2) is 0 Å². The summed E-state index contributed by atoms with van der Waals surface area (Å²) >= 11 is 0. The van der Waals surface area contributed by atoms with Gasteiger partial charge < -0.3 is 4.74 Å². The summed E-state index contributed by atoms with van der Waals surface area (Å²) in [5.74, 6) is -0.120. The van der Waals surface area contributed by atoms with Crippen molar-refractivity contribution < 1.29 is 14.3 Å². The molecule has 0 unspecified atom stereocenters. The van der Waals surface area contributed by atoms with Crippen LogP contribution in [0.15, 0.2) is 24.3 Å². The van der Waals surface area contributed by atoms with Crippen LogP contribution in [0.2, 0.25) is 0 Å². The average Bonchev–Trinajstić information content (AvgIpc) is 2.20. The topological polar surface area (TPSA) is 43.4 Å². The van der Waals surface area contributed by atoms with Crippen molar-refractivity contribution in [2.75, 3.05) is 7.11 Å². The molecular formula is C12H14O3. The second-order valence-corrected chi connectivity index (χ2v) is 3.45. The zero-order valence-electron chi connectivity index (χ0n) is 8.95. The Morgan fingerprint density at radius 3 is 1.93 bits per heavy atom. The molecule has 1 aromatic carbocycles. The van der Waals surface area contributed by atoms with E-state index in [4.69, 9.17) is 0 Å². The smallest absolute Gasteiger partial charge is 0.309 e. The molecule has 0 aromatic heterocycles. The summed E-state index contributed by atoms with van der Waals surface area (Å²) in [4.78, 5) is 21.8. The lowest BCUT2D eigenvalue weighted by molar-refractivity contribution is -0.139. The van der Waals surface area contributed by atoms with E-state index in [9.17, 15) is 9.59 Å². The molecule has 0 fully saturated rings. The molecule has 0 aliphatic rings. The second-order valence-electron chi connectivity index (χ2n) is 3.45. The first-order valence-electron chi connectivity index (χ1n) is 4.76. The molecule has 0 aliphatic carbocycles. The van der Waals surface area contributed by atoms with Crippen LogP contribution in [0.1, 0.15) is 18.1 Å². The van der Waals surface area contributed by atoms with Crippen LogP contribution in [0, 0.1) is 0 Å². The van der Waals surface area contributed by atoms with Crippen LogP contribution in [0.4, 0.5) is 0 Å². The Kier molecular flexibility index (Phi) is 4.03. The molecule has 0 saturated heterocycles. The van der Waals surface area contributed by atoms with Gasteiger partial charge in [-0.2, -0.15) is 0 Å². The average molecular weight is 206 g/mol. The molecule has 0 N–H and O–H groups in total. The van der Waals surface area contributed by atoms with Gasteiger partial charge >= 0.3 is 5.97 Å². The zero-order valence-corrected chi connectivity index (χ0v) is 8.95. The molecule has 0 spiro atoms. The zero-order chi connectivity index (χ0) is 11.3. The lowest BCUT2D eigenvalue weighted by Crippen LogP contribution is -2.04. The molecule has 15 heavy (non-hydrogen) atoms. The maximum Gasteiger partial charge on any atom is 0.309 e. The molecule has 0 amide bonds. The summed E-state index contributed by atoms with van der Waals surface area (Å²) in [6, 6.07) is 7.41. The van der Waals surface area contributed by atoms with E-state index < -0.39 is 0 Å². The Balaban J connectivity index is 2.64. The number of methoxy groups -OCH3 is 1. The minimum atomic E-state index is -0.255. The number of ketones is 1. The van der Waals surface area contributed by atoms with Crippen molar-refractivity contribution in [3.05, 3.63) is 35.4 Å². The van der Waals surface area contributed by atoms with E-state index in [2.05, 4.69) is 4.74 Å². The standard InChI is InChI=1S/C12H14O3/c1-9(13)7-10-3-5-11(6-4-10)8-12(14)15-2/h3-6H,7-8H2,1-2H3. The van der Waals surface area contributed by atoms with E-state index in [0.29, 0.717) is 6.42 Å². The first-order chi connectivity index (χ1) is 7.11. The maximum atomic E-state index is 11.0. The highest BCUT2D eigenvalue weighted by molar-refractivity contribution is 5.78. The van der Waals surface area contributed by atoms with Gasteiger partial charge in [0.1, 0.15) is 5.78 Å². The fraction of sp³-hybridized carbons (Fsp3) is 0.333. The van der Waals surface area contributed by atoms with Gasteiger partial charge in [-0.25, -0.2) is 0 Å². The first-order valence-corrected chi connectivity index (χ1v) is 4.76. The van der Waals surface area contributed by atoms with Crippen molar-refractivity contribution in [1.29, 1.82) is 0 Å². The summed E-state index contributed by atoms with van der Waals surface area (Å²) in [7, 11) is 1.37. The maximum absolute atomic E-state index is 11.0. The van der Waals surface area contributed by atoms with Gasteiger partial charge in [0, 0.05) is 6.42 Å². The van der Waals surface area contributed by atoms with Crippen LogP contribution >= 0.6 is 0 Å². The summed E-state index contributed by atoms with van der Waals surface area (Å²) in [5.41, 5.74) is 1.87. The molecule has 3 nitrogen and oxygen atoms in total. The predicted octanol–water partition coefficient (Wildman–Crippen LogP) is 1.53. The van der Waals surface area contributed by atoms with Crippen molar-refractivity contribution in [1.82, 2.24) is 0 Å². The van der Waals surface area contributed by atoms with Gasteiger partial charge in [-0.15, -0.1) is 0 Å². The number of hydrogen-bond acceptors (Lipinski definition) is 3. The fourth-order valence-electron chi connectivity index (χ4n) is 1.30. The summed E-state index contributed by atoms with van der Waals surface area (Å²) in [6.07, 6.45) is 0.718. The van der Waals surface area contributed by atoms with Gasteiger partial charge in [-0.1, -0.05) is 24.3 Å². The van der Waals surface area contributed by atoms with Gasteiger partial charge in [0.2, 0.25) is 0 Å². The summed E-state index contributed by atoms with van der Waals surface area (Å²) < 4.78 is 4.56. The number of benzene rings is 1. The lowest BCUT2D eigenvalue weighted by atomic mass is 10.1. The van der Waals surface area contributed by atoms with Crippen LogP contribution in [0.5, 0.6) is 0 Å². The molecule has 0 saturated carbocycles. The second kappa shape index (κ2) is 5.29. The van der Waals surface area contributed by atoms with Crippen LogP contribution < -0.4 is 0 Å². The van der Waals surface area contributed by atoms with Crippen LogP contribution in [0.25, 0.3) is 0 Å². The van der Waals surface area contributed by atoms with Crippen molar-refractivity contribution in [2.24, 2.45) is 0 Å². The van der Waals surface area contributed by atoms with Crippen LogP contribution in [0.3, 0.4) is 0 Å². The Morgan fingerprint density at radius 1 is 1.07 bits per heavy atom. The SMILES string of the molecule is COC(=O)Cc1ccc(CC(C)=O)cc1. The van der Waals surface area contributed by atoms with Crippen molar-refractivity contribution in [3.63, 3.8) is 0 Å². The molecule has 0 radical (unpaired) electrons. The van der Waals surface area contributed by atoms with Gasteiger partial charge in [-0.3, -0.25) is 9.59 Å². The first kappa shape index (κ1) is 11.4. The van der Waals surface area contributed by atoms with E-state index in [0.717, 1.165) is 11.1 Å². The third-order valence-corrected chi connectivity index (χ3v) is 2.05.